The van der Waals surface area contributed by atoms with Gasteiger partial charge in [-0.2, -0.15) is 4.99 Å². The normalized spacial score (nSPS) is 22.7. The van der Waals surface area contributed by atoms with Crippen molar-refractivity contribution in [3.8, 4) is 0 Å². The van der Waals surface area contributed by atoms with Crippen molar-refractivity contribution in [2.24, 2.45) is 10.9 Å². The number of carbonyl (C=O) groups is 2. The third-order valence-electron chi connectivity index (χ3n) is 6.30. The summed E-state index contributed by atoms with van der Waals surface area (Å²) < 4.78 is 1.24. The Bertz CT molecular complexity index is 919. The number of aliphatic hydroxyl groups is 1. The molecule has 0 aromatic heterocycles. The summed E-state index contributed by atoms with van der Waals surface area (Å²) in [7, 11) is 0. The molecular formula is C27H38BrN3O3. The highest BCUT2D eigenvalue weighted by molar-refractivity contribution is 9.11. The number of allylic oxidation sites excluding steroid dienone is 5. The van der Waals surface area contributed by atoms with E-state index in [0.717, 1.165) is 25.7 Å². The minimum atomic E-state index is -0.608. The molecule has 6 nitrogen and oxygen atoms in total. The van der Waals surface area contributed by atoms with Crippen molar-refractivity contribution in [2.75, 3.05) is 26.2 Å². The molecule has 1 aliphatic heterocycles. The summed E-state index contributed by atoms with van der Waals surface area (Å²) in [6, 6.07) is 0. The average molecular weight is 533 g/mol. The Morgan fingerprint density at radius 1 is 1.29 bits per heavy atom. The molecule has 0 spiro atoms. The summed E-state index contributed by atoms with van der Waals surface area (Å²) in [4.78, 5) is 31.4. The van der Waals surface area contributed by atoms with Gasteiger partial charge in [-0.15, -0.1) is 5.73 Å². The Balaban J connectivity index is 0.000000287. The summed E-state index contributed by atoms with van der Waals surface area (Å²) in [6.45, 7) is 11.3. The third kappa shape index (κ3) is 8.53. The third-order valence-corrected chi connectivity index (χ3v) is 6.85. The monoisotopic (exact) mass is 531 g/mol. The second-order valence-corrected chi connectivity index (χ2v) is 9.85. The zero-order valence-corrected chi connectivity index (χ0v) is 22.4. The molecular weight excluding hydrogens is 494 g/mol. The van der Waals surface area contributed by atoms with Gasteiger partial charge in [0, 0.05) is 26.1 Å². The van der Waals surface area contributed by atoms with Crippen LogP contribution in [0.1, 0.15) is 65.7 Å². The highest BCUT2D eigenvalue weighted by atomic mass is 79.9. The van der Waals surface area contributed by atoms with E-state index in [1.54, 1.807) is 9.80 Å². The Morgan fingerprint density at radius 2 is 2.00 bits per heavy atom. The molecule has 0 atom stereocenters. The molecule has 1 saturated carbocycles. The number of likely N-dealkylation sites (N-methyl/N-ethyl adjacent to an activating group) is 1. The first-order valence-corrected chi connectivity index (χ1v) is 13.0. The van der Waals surface area contributed by atoms with Gasteiger partial charge in [0.25, 0.3) is 11.8 Å². The van der Waals surface area contributed by atoms with Gasteiger partial charge in [-0.25, -0.2) is 0 Å². The SMILES string of the molecule is C=C1C(=O)N(CC)CCN1C(CC1CCCC1)=NC(=O)CO.CCC1=C=C/C(C)=C\C/C(Br)=C\1. The van der Waals surface area contributed by atoms with Gasteiger partial charge >= 0.3 is 0 Å². The Labute approximate surface area is 212 Å². The van der Waals surface area contributed by atoms with E-state index in [2.05, 4.69) is 65.3 Å². The van der Waals surface area contributed by atoms with Crippen molar-refractivity contribution >= 4 is 33.6 Å². The molecule has 0 aromatic carbocycles. The zero-order chi connectivity index (χ0) is 25.1. The lowest BCUT2D eigenvalue weighted by Gasteiger charge is -2.37. The van der Waals surface area contributed by atoms with Gasteiger partial charge in [0.1, 0.15) is 18.1 Å². The molecule has 0 bridgehead atoms. The standard InChI is InChI=1S/C16H25N3O3.C11H13Br/c1-3-18-8-9-19(12(2)16(18)22)14(17-15(21)11-20)10-13-6-4-5-7-13;1-3-10-6-4-9(2)5-7-11(12)8-10/h13,20H,2-11H2,1H3;4-5,8H,3,7H2,1-2H3/b;9-5-,11-8+. The topological polar surface area (TPSA) is 73.2 Å². The largest absolute Gasteiger partial charge is 0.386 e. The maximum Gasteiger partial charge on any atom is 0.273 e. The molecule has 0 unspecified atom stereocenters. The first-order chi connectivity index (χ1) is 16.3. The van der Waals surface area contributed by atoms with E-state index < -0.39 is 12.5 Å². The molecule has 34 heavy (non-hydrogen) atoms. The lowest BCUT2D eigenvalue weighted by molar-refractivity contribution is -0.130. The van der Waals surface area contributed by atoms with Gasteiger partial charge < -0.3 is 14.9 Å². The van der Waals surface area contributed by atoms with E-state index in [9.17, 15) is 9.59 Å². The van der Waals surface area contributed by atoms with Crippen LogP contribution in [-0.2, 0) is 9.59 Å². The molecule has 1 heterocycles. The first-order valence-electron chi connectivity index (χ1n) is 12.2. The fourth-order valence-electron chi connectivity index (χ4n) is 4.23. The van der Waals surface area contributed by atoms with Crippen LogP contribution in [0.3, 0.4) is 0 Å². The summed E-state index contributed by atoms with van der Waals surface area (Å²) in [5.41, 5.74) is 6.18. The average Bonchev–Trinajstić information content (AvgIpc) is 3.34. The summed E-state index contributed by atoms with van der Waals surface area (Å²) in [5, 5.41) is 8.97. The number of amidine groups is 1. The molecule has 7 heteroatoms. The van der Waals surface area contributed by atoms with Crippen molar-refractivity contribution in [1.82, 2.24) is 9.80 Å². The van der Waals surface area contributed by atoms with Crippen LogP contribution in [0.15, 0.2) is 56.9 Å². The van der Waals surface area contributed by atoms with Crippen LogP contribution in [0.5, 0.6) is 0 Å². The van der Waals surface area contributed by atoms with Crippen LogP contribution in [0, 0.1) is 5.92 Å². The highest BCUT2D eigenvalue weighted by Crippen LogP contribution is 2.29. The molecule has 2 aliphatic carbocycles. The van der Waals surface area contributed by atoms with Crippen LogP contribution in [0.4, 0.5) is 0 Å². The lowest BCUT2D eigenvalue weighted by Crippen LogP contribution is -2.50. The van der Waals surface area contributed by atoms with E-state index in [4.69, 9.17) is 5.11 Å². The predicted octanol–water partition coefficient (Wildman–Crippen LogP) is 5.27. The fourth-order valence-corrected chi connectivity index (χ4v) is 4.67. The number of halogens is 1. The van der Waals surface area contributed by atoms with E-state index in [-0.39, 0.29) is 5.91 Å². The van der Waals surface area contributed by atoms with E-state index in [0.29, 0.717) is 43.5 Å². The van der Waals surface area contributed by atoms with Crippen LogP contribution >= 0.6 is 15.9 Å². The molecule has 2 amide bonds. The van der Waals surface area contributed by atoms with Gasteiger partial charge in [-0.3, -0.25) is 9.59 Å². The maximum absolute atomic E-state index is 12.3. The molecule has 1 saturated heterocycles. The minimum Gasteiger partial charge on any atom is -0.386 e. The van der Waals surface area contributed by atoms with Gasteiger partial charge in [0.05, 0.1) is 0 Å². The lowest BCUT2D eigenvalue weighted by atomic mass is 10.0. The van der Waals surface area contributed by atoms with Gasteiger partial charge in [-0.1, -0.05) is 61.2 Å². The number of amides is 2. The number of aliphatic hydroxyl groups excluding tert-OH is 1. The number of hydrogen-bond donors (Lipinski definition) is 1. The second kappa shape index (κ2) is 14.2. The van der Waals surface area contributed by atoms with Crippen LogP contribution < -0.4 is 0 Å². The Hall–Kier alpha value is -2.21. The minimum absolute atomic E-state index is 0.107. The van der Waals surface area contributed by atoms with Crippen molar-refractivity contribution in [2.45, 2.75) is 65.7 Å². The zero-order valence-electron chi connectivity index (χ0n) is 20.8. The van der Waals surface area contributed by atoms with Crippen molar-refractivity contribution < 1.29 is 14.7 Å². The van der Waals surface area contributed by atoms with Gasteiger partial charge in [0.2, 0.25) is 0 Å². The van der Waals surface area contributed by atoms with Crippen molar-refractivity contribution in [3.63, 3.8) is 0 Å². The van der Waals surface area contributed by atoms with Crippen molar-refractivity contribution in [3.05, 3.63) is 51.9 Å². The van der Waals surface area contributed by atoms with Gasteiger partial charge in [0.15, 0.2) is 0 Å². The van der Waals surface area contributed by atoms with Crippen molar-refractivity contribution in [1.29, 1.82) is 0 Å². The summed E-state index contributed by atoms with van der Waals surface area (Å²) in [6.07, 6.45) is 13.8. The molecule has 3 rings (SSSR count). The maximum atomic E-state index is 12.3. The van der Waals surface area contributed by atoms with Crippen LogP contribution in [0.2, 0.25) is 0 Å². The molecule has 0 radical (unpaired) electrons. The number of rotatable bonds is 5. The number of aliphatic imine (C=N–C) groups is 1. The van der Waals surface area contributed by atoms with Crippen LogP contribution in [0.25, 0.3) is 0 Å². The fraction of sp³-hybridized carbons (Fsp3) is 0.556. The van der Waals surface area contributed by atoms with Gasteiger partial charge in [-0.05, 0) is 60.4 Å². The molecule has 1 N–H and O–H groups in total. The Kier molecular flexibility index (Phi) is 11.7. The number of carbonyl (C=O) groups excluding carboxylic acids is 2. The number of nitrogens with zero attached hydrogens (tertiary/aromatic N) is 3. The molecule has 3 aliphatic rings. The summed E-state index contributed by atoms with van der Waals surface area (Å²) >= 11 is 3.52. The molecule has 0 aromatic rings. The smallest absolute Gasteiger partial charge is 0.273 e. The quantitative estimate of drug-likeness (QED) is 0.227. The van der Waals surface area contributed by atoms with E-state index >= 15 is 0 Å². The number of hydrogen-bond acceptors (Lipinski definition) is 3. The molecule has 2 fully saturated rings. The number of piperazine rings is 1. The first kappa shape index (κ1) is 28.0. The van der Waals surface area contributed by atoms with Crippen LogP contribution in [-0.4, -0.2) is 58.8 Å². The predicted molar refractivity (Wildman–Crippen MR) is 141 cm³/mol. The Morgan fingerprint density at radius 3 is 2.62 bits per heavy atom. The summed E-state index contributed by atoms with van der Waals surface area (Å²) in [5.74, 6) is 0.410. The second-order valence-electron chi connectivity index (χ2n) is 8.83. The van der Waals surface area contributed by atoms with E-state index in [1.165, 1.54) is 28.5 Å². The van der Waals surface area contributed by atoms with E-state index in [1.807, 2.05) is 6.92 Å². The molecule has 186 valence electrons. The highest BCUT2D eigenvalue weighted by Gasteiger charge is 2.31.